The summed E-state index contributed by atoms with van der Waals surface area (Å²) in [6.45, 7) is 6.40. The Bertz CT molecular complexity index is 844. The molecule has 0 aliphatic rings. The summed E-state index contributed by atoms with van der Waals surface area (Å²) in [5.74, 6) is 0.266. The first kappa shape index (κ1) is 23.2. The van der Waals surface area contributed by atoms with Crippen LogP contribution in [-0.2, 0) is 16.1 Å². The second-order valence-electron chi connectivity index (χ2n) is 7.19. The highest BCUT2D eigenvalue weighted by Gasteiger charge is 2.26. The minimum absolute atomic E-state index is 0.195. The minimum atomic E-state index is -0.643. The van der Waals surface area contributed by atoms with Crippen molar-refractivity contribution in [1.29, 1.82) is 0 Å². The number of nitrogens with zero attached hydrogens (tertiary/aromatic N) is 1. The quantitative estimate of drug-likeness (QED) is 0.566. The third-order valence-corrected chi connectivity index (χ3v) is 5.09. The lowest BCUT2D eigenvalue weighted by Gasteiger charge is -2.29. The number of benzene rings is 2. The first-order valence-corrected chi connectivity index (χ1v) is 10.6. The molecule has 1 atom stereocenters. The Balaban J connectivity index is 2.14. The molecule has 0 fully saturated rings. The van der Waals surface area contributed by atoms with Gasteiger partial charge in [-0.2, -0.15) is 0 Å². The van der Waals surface area contributed by atoms with Gasteiger partial charge in [0.1, 0.15) is 11.8 Å². The predicted octanol–water partition coefficient (Wildman–Crippen LogP) is 4.67. The second kappa shape index (κ2) is 11.2. The van der Waals surface area contributed by atoms with Crippen LogP contribution in [0.1, 0.15) is 26.3 Å². The number of carbonyl (C=O) groups is 2. The van der Waals surface area contributed by atoms with E-state index in [-0.39, 0.29) is 18.4 Å². The Morgan fingerprint density at radius 1 is 1.14 bits per heavy atom. The molecule has 0 aliphatic carbocycles. The summed E-state index contributed by atoms with van der Waals surface area (Å²) in [6, 6.07) is 14.0. The van der Waals surface area contributed by atoms with Gasteiger partial charge in [-0.05, 0) is 42.7 Å². The molecule has 7 heteroatoms. The van der Waals surface area contributed by atoms with Crippen LogP contribution in [0.3, 0.4) is 0 Å². The molecule has 156 valence electrons. The molecule has 0 bridgehead atoms. The molecule has 2 rings (SSSR count). The molecule has 1 N–H and O–H groups in total. The smallest absolute Gasteiger partial charge is 0.261 e. The van der Waals surface area contributed by atoms with Crippen LogP contribution >= 0.6 is 27.5 Å². The highest BCUT2D eigenvalue weighted by molar-refractivity contribution is 9.10. The Hall–Kier alpha value is -2.05. The van der Waals surface area contributed by atoms with Crippen LogP contribution in [0, 0.1) is 5.92 Å². The van der Waals surface area contributed by atoms with Gasteiger partial charge in [0.2, 0.25) is 5.91 Å². The van der Waals surface area contributed by atoms with Gasteiger partial charge >= 0.3 is 0 Å². The molecule has 0 saturated heterocycles. The van der Waals surface area contributed by atoms with Gasteiger partial charge in [-0.1, -0.05) is 65.6 Å². The Labute approximate surface area is 185 Å². The van der Waals surface area contributed by atoms with E-state index in [1.54, 1.807) is 31.2 Å². The van der Waals surface area contributed by atoms with Crippen molar-refractivity contribution < 1.29 is 14.3 Å². The summed E-state index contributed by atoms with van der Waals surface area (Å²) in [6.07, 6.45) is 0. The van der Waals surface area contributed by atoms with Crippen LogP contribution < -0.4 is 10.1 Å². The van der Waals surface area contributed by atoms with Crippen molar-refractivity contribution in [2.24, 2.45) is 5.92 Å². The van der Waals surface area contributed by atoms with Crippen molar-refractivity contribution >= 4 is 39.3 Å². The van der Waals surface area contributed by atoms with E-state index in [1.165, 1.54) is 4.90 Å². The maximum Gasteiger partial charge on any atom is 0.261 e. The lowest BCUT2D eigenvalue weighted by molar-refractivity contribution is -0.142. The molecule has 0 aliphatic heterocycles. The molecular weight excluding hydrogens is 456 g/mol. The third-order valence-electron chi connectivity index (χ3n) is 4.28. The van der Waals surface area contributed by atoms with Crippen molar-refractivity contribution in [3.8, 4) is 5.75 Å². The van der Waals surface area contributed by atoms with E-state index in [1.807, 2.05) is 38.1 Å². The molecule has 0 aromatic heterocycles. The van der Waals surface area contributed by atoms with E-state index in [0.717, 1.165) is 10.0 Å². The topological polar surface area (TPSA) is 58.6 Å². The monoisotopic (exact) mass is 480 g/mol. The Morgan fingerprint density at radius 2 is 1.86 bits per heavy atom. The van der Waals surface area contributed by atoms with Gasteiger partial charge in [0, 0.05) is 17.6 Å². The predicted molar refractivity (Wildman–Crippen MR) is 119 cm³/mol. The third kappa shape index (κ3) is 7.37. The number of nitrogens with one attached hydrogen (secondary N) is 1. The van der Waals surface area contributed by atoms with E-state index in [9.17, 15) is 9.59 Å². The van der Waals surface area contributed by atoms with Gasteiger partial charge in [-0.15, -0.1) is 0 Å². The first-order valence-electron chi connectivity index (χ1n) is 9.47. The molecule has 0 spiro atoms. The summed E-state index contributed by atoms with van der Waals surface area (Å²) in [4.78, 5) is 27.1. The van der Waals surface area contributed by atoms with Gasteiger partial charge in [0.05, 0.1) is 5.02 Å². The van der Waals surface area contributed by atoms with Gasteiger partial charge in [-0.3, -0.25) is 9.59 Å². The maximum atomic E-state index is 13.0. The number of halogens is 2. The number of amides is 2. The molecule has 0 saturated carbocycles. The van der Waals surface area contributed by atoms with Crippen molar-refractivity contribution in [3.05, 3.63) is 63.6 Å². The molecule has 0 radical (unpaired) electrons. The molecule has 2 aromatic carbocycles. The second-order valence-corrected chi connectivity index (χ2v) is 8.51. The summed E-state index contributed by atoms with van der Waals surface area (Å²) in [5.41, 5.74) is 0.911. The summed E-state index contributed by atoms with van der Waals surface area (Å²) >= 11 is 9.54. The molecule has 0 unspecified atom stereocenters. The number of ether oxygens (including phenoxy) is 1. The summed E-state index contributed by atoms with van der Waals surface area (Å²) < 4.78 is 6.51. The molecule has 5 nitrogen and oxygen atoms in total. The van der Waals surface area contributed by atoms with E-state index in [4.69, 9.17) is 16.3 Å². The standard InChI is InChI=1S/C22H26BrClN2O3/c1-15(2)12-25-22(28)16(3)26(13-17-7-6-8-18(23)11-17)21(27)14-29-20-10-5-4-9-19(20)24/h4-11,15-16H,12-14H2,1-3H3,(H,25,28)/t16-/m0/s1. The van der Waals surface area contributed by atoms with Gasteiger partial charge in [0.15, 0.2) is 6.61 Å². The maximum absolute atomic E-state index is 13.0. The Morgan fingerprint density at radius 3 is 2.52 bits per heavy atom. The van der Waals surface area contributed by atoms with Crippen LogP contribution in [-0.4, -0.2) is 35.9 Å². The van der Waals surface area contributed by atoms with Crippen LogP contribution in [0.2, 0.25) is 5.02 Å². The summed E-state index contributed by atoms with van der Waals surface area (Å²) in [7, 11) is 0. The minimum Gasteiger partial charge on any atom is -0.482 e. The lowest BCUT2D eigenvalue weighted by Crippen LogP contribution is -2.49. The van der Waals surface area contributed by atoms with Crippen LogP contribution in [0.4, 0.5) is 0 Å². The average Bonchev–Trinajstić information content (AvgIpc) is 2.69. The van der Waals surface area contributed by atoms with E-state index in [0.29, 0.717) is 29.8 Å². The van der Waals surface area contributed by atoms with Gasteiger partial charge in [-0.25, -0.2) is 0 Å². The van der Waals surface area contributed by atoms with E-state index in [2.05, 4.69) is 21.2 Å². The zero-order valence-corrected chi connectivity index (χ0v) is 19.2. The van der Waals surface area contributed by atoms with Gasteiger partial charge in [0.25, 0.3) is 5.91 Å². The Kier molecular flexibility index (Phi) is 8.99. The highest BCUT2D eigenvalue weighted by Crippen LogP contribution is 2.23. The number of carbonyl (C=O) groups excluding carboxylic acids is 2. The number of hydrogen-bond acceptors (Lipinski definition) is 3. The largest absolute Gasteiger partial charge is 0.482 e. The van der Waals surface area contributed by atoms with E-state index >= 15 is 0 Å². The lowest BCUT2D eigenvalue weighted by atomic mass is 10.1. The zero-order valence-electron chi connectivity index (χ0n) is 16.8. The van der Waals surface area contributed by atoms with Gasteiger partial charge < -0.3 is 15.0 Å². The van der Waals surface area contributed by atoms with Crippen LogP contribution in [0.25, 0.3) is 0 Å². The molecule has 2 amide bonds. The number of para-hydroxylation sites is 1. The van der Waals surface area contributed by atoms with Crippen molar-refractivity contribution in [2.75, 3.05) is 13.2 Å². The van der Waals surface area contributed by atoms with Crippen molar-refractivity contribution in [3.63, 3.8) is 0 Å². The molecular formula is C22H26BrClN2O3. The van der Waals surface area contributed by atoms with Crippen molar-refractivity contribution in [2.45, 2.75) is 33.4 Å². The van der Waals surface area contributed by atoms with E-state index < -0.39 is 6.04 Å². The average molecular weight is 482 g/mol. The zero-order chi connectivity index (χ0) is 21.4. The first-order chi connectivity index (χ1) is 13.8. The number of rotatable bonds is 9. The number of hydrogen-bond donors (Lipinski definition) is 1. The SMILES string of the molecule is CC(C)CNC(=O)[C@H](C)N(Cc1cccc(Br)c1)C(=O)COc1ccccc1Cl. The fourth-order valence-corrected chi connectivity index (χ4v) is 3.29. The molecule has 0 heterocycles. The fourth-order valence-electron chi connectivity index (χ4n) is 2.65. The normalized spacial score (nSPS) is 11.8. The fraction of sp³-hybridized carbons (Fsp3) is 0.364. The van der Waals surface area contributed by atoms with Crippen LogP contribution in [0.5, 0.6) is 5.75 Å². The van der Waals surface area contributed by atoms with Crippen LogP contribution in [0.15, 0.2) is 53.0 Å². The molecule has 2 aromatic rings. The molecule has 29 heavy (non-hydrogen) atoms. The van der Waals surface area contributed by atoms with Crippen molar-refractivity contribution in [1.82, 2.24) is 10.2 Å². The highest BCUT2D eigenvalue weighted by atomic mass is 79.9. The summed E-state index contributed by atoms with van der Waals surface area (Å²) in [5, 5.41) is 3.33.